The lowest BCUT2D eigenvalue weighted by molar-refractivity contribution is 0.0602. The van der Waals surface area contributed by atoms with Crippen molar-refractivity contribution in [2.24, 2.45) is 0 Å². The monoisotopic (exact) mass is 423 g/mol. The van der Waals surface area contributed by atoms with Gasteiger partial charge in [-0.3, -0.25) is 4.79 Å². The molecule has 0 bridgehead atoms. The number of thioether (sulfide) groups is 1. The summed E-state index contributed by atoms with van der Waals surface area (Å²) in [6.45, 7) is 1.72. The molecule has 0 aliphatic heterocycles. The number of benzene rings is 1. The summed E-state index contributed by atoms with van der Waals surface area (Å²) in [5.41, 5.74) is 1.48. The number of aromatic amines is 1. The number of nitrogens with one attached hydrogen (secondary N) is 1. The number of fused-ring (bicyclic) bond motifs is 1. The normalized spacial score (nSPS) is 11.0. The summed E-state index contributed by atoms with van der Waals surface area (Å²) in [5.74, 6) is 0.708. The van der Waals surface area contributed by atoms with Gasteiger partial charge in [0, 0.05) is 12.1 Å². The minimum atomic E-state index is -0.616. The Hall–Kier alpha value is -3.53. The van der Waals surface area contributed by atoms with Crippen molar-refractivity contribution in [1.82, 2.24) is 25.1 Å². The number of ether oxygens (including phenoxy) is 1. The highest BCUT2D eigenvalue weighted by Gasteiger charge is 2.18. The summed E-state index contributed by atoms with van der Waals surface area (Å²) in [5, 5.41) is 4.42. The van der Waals surface area contributed by atoms with Gasteiger partial charge >= 0.3 is 5.97 Å². The molecule has 0 saturated carbocycles. The number of aromatic nitrogens is 5. The number of rotatable bonds is 6. The van der Waals surface area contributed by atoms with Gasteiger partial charge < -0.3 is 14.2 Å². The molecule has 4 rings (SSSR count). The maximum absolute atomic E-state index is 12.6. The quantitative estimate of drug-likeness (QED) is 0.283. The third-order valence-corrected chi connectivity index (χ3v) is 5.09. The molecule has 10 heteroatoms. The summed E-state index contributed by atoms with van der Waals surface area (Å²) in [7, 11) is 1.26. The second-order valence-electron chi connectivity index (χ2n) is 6.43. The number of carbonyl (C=O) groups is 1. The first kappa shape index (κ1) is 19.8. The van der Waals surface area contributed by atoms with Crippen molar-refractivity contribution in [2.75, 3.05) is 7.11 Å². The fourth-order valence-electron chi connectivity index (χ4n) is 2.91. The van der Waals surface area contributed by atoms with Crippen LogP contribution < -0.4 is 5.56 Å². The van der Waals surface area contributed by atoms with E-state index in [1.54, 1.807) is 6.92 Å². The SMILES string of the molecule is COC(=O)c1cc(C)nc2nc(SCc3nc(Cc4ccccc4)no3)[nH]c(=O)c12. The number of esters is 1. The maximum atomic E-state index is 12.6. The summed E-state index contributed by atoms with van der Waals surface area (Å²) in [6.07, 6.45) is 0.569. The zero-order chi connectivity index (χ0) is 21.1. The first-order valence-corrected chi connectivity index (χ1v) is 10.00. The van der Waals surface area contributed by atoms with Gasteiger partial charge in [0.25, 0.3) is 5.56 Å². The number of H-pyrrole nitrogens is 1. The summed E-state index contributed by atoms with van der Waals surface area (Å²) in [4.78, 5) is 40.2. The van der Waals surface area contributed by atoms with E-state index < -0.39 is 11.5 Å². The molecular formula is C20H17N5O4S. The largest absolute Gasteiger partial charge is 0.465 e. The molecule has 0 radical (unpaired) electrons. The summed E-state index contributed by atoms with van der Waals surface area (Å²) in [6, 6.07) is 11.3. The number of hydrogen-bond acceptors (Lipinski definition) is 9. The fourth-order valence-corrected chi connectivity index (χ4v) is 3.61. The molecule has 30 heavy (non-hydrogen) atoms. The first-order chi connectivity index (χ1) is 14.5. The Bertz CT molecular complexity index is 1270. The topological polar surface area (TPSA) is 124 Å². The zero-order valence-corrected chi connectivity index (χ0v) is 17.0. The molecule has 0 saturated heterocycles. The standard InChI is InChI=1S/C20H17N5O4S/c1-11-8-13(19(27)28-2)16-17(21-11)23-20(24-18(16)26)30-10-15-22-14(25-29-15)9-12-6-4-3-5-7-12/h3-8H,9-10H2,1-2H3,(H,21,23,24,26). The van der Waals surface area contributed by atoms with Gasteiger partial charge in [-0.25, -0.2) is 14.8 Å². The summed E-state index contributed by atoms with van der Waals surface area (Å²) < 4.78 is 10.0. The van der Waals surface area contributed by atoms with Crippen molar-refractivity contribution in [3.8, 4) is 0 Å². The van der Waals surface area contributed by atoms with Crippen molar-refractivity contribution < 1.29 is 14.1 Å². The van der Waals surface area contributed by atoms with Gasteiger partial charge in [-0.05, 0) is 18.6 Å². The average Bonchev–Trinajstić information content (AvgIpc) is 3.18. The van der Waals surface area contributed by atoms with Gasteiger partial charge in [0.15, 0.2) is 16.6 Å². The Morgan fingerprint density at radius 2 is 2.00 bits per heavy atom. The van der Waals surface area contributed by atoms with Crippen molar-refractivity contribution in [1.29, 1.82) is 0 Å². The van der Waals surface area contributed by atoms with Crippen LogP contribution in [0.4, 0.5) is 0 Å². The number of aryl methyl sites for hydroxylation is 1. The van der Waals surface area contributed by atoms with E-state index in [0.717, 1.165) is 5.56 Å². The molecule has 152 valence electrons. The van der Waals surface area contributed by atoms with E-state index in [9.17, 15) is 9.59 Å². The van der Waals surface area contributed by atoms with E-state index in [4.69, 9.17) is 9.26 Å². The molecule has 0 spiro atoms. The highest BCUT2D eigenvalue weighted by molar-refractivity contribution is 7.98. The molecule has 0 aliphatic carbocycles. The molecule has 0 aliphatic rings. The lowest BCUT2D eigenvalue weighted by Crippen LogP contribution is -2.16. The van der Waals surface area contributed by atoms with E-state index in [1.807, 2.05) is 30.3 Å². The Morgan fingerprint density at radius 3 is 2.77 bits per heavy atom. The van der Waals surface area contributed by atoms with Crippen molar-refractivity contribution in [3.63, 3.8) is 0 Å². The number of pyridine rings is 1. The Kier molecular flexibility index (Phi) is 5.57. The highest BCUT2D eigenvalue weighted by atomic mass is 32.2. The Balaban J connectivity index is 1.54. The van der Waals surface area contributed by atoms with Gasteiger partial charge in [0.1, 0.15) is 0 Å². The molecule has 0 amide bonds. The molecular weight excluding hydrogens is 406 g/mol. The molecule has 1 N–H and O–H groups in total. The Labute approximate surface area is 174 Å². The summed E-state index contributed by atoms with van der Waals surface area (Å²) >= 11 is 1.23. The van der Waals surface area contributed by atoms with E-state index >= 15 is 0 Å². The second-order valence-corrected chi connectivity index (χ2v) is 7.39. The number of nitrogens with zero attached hydrogens (tertiary/aromatic N) is 4. The maximum Gasteiger partial charge on any atom is 0.338 e. The number of hydrogen-bond donors (Lipinski definition) is 1. The molecule has 1 aromatic carbocycles. The lowest BCUT2D eigenvalue weighted by atomic mass is 10.1. The van der Waals surface area contributed by atoms with Crippen LogP contribution in [0.5, 0.6) is 0 Å². The van der Waals surface area contributed by atoms with Crippen LogP contribution in [0.3, 0.4) is 0 Å². The van der Waals surface area contributed by atoms with Gasteiger partial charge in [0.05, 0.1) is 23.8 Å². The second kappa shape index (κ2) is 8.46. The molecule has 0 unspecified atom stereocenters. The molecule has 3 heterocycles. The van der Waals surface area contributed by atoms with Gasteiger partial charge in [-0.15, -0.1) is 0 Å². The molecule has 4 aromatic rings. The van der Waals surface area contributed by atoms with Crippen LogP contribution in [0.1, 0.15) is 33.3 Å². The van der Waals surface area contributed by atoms with Gasteiger partial charge in [-0.1, -0.05) is 47.3 Å². The van der Waals surface area contributed by atoms with Crippen molar-refractivity contribution >= 4 is 28.8 Å². The minimum absolute atomic E-state index is 0.0970. The third kappa shape index (κ3) is 4.23. The molecule has 3 aromatic heterocycles. The van der Waals surface area contributed by atoms with E-state index in [0.29, 0.717) is 34.7 Å². The van der Waals surface area contributed by atoms with Crippen LogP contribution in [-0.2, 0) is 16.9 Å². The van der Waals surface area contributed by atoms with Crippen molar-refractivity contribution in [3.05, 3.63) is 75.3 Å². The zero-order valence-electron chi connectivity index (χ0n) is 16.2. The van der Waals surface area contributed by atoms with Gasteiger partial charge in [-0.2, -0.15) is 4.98 Å². The minimum Gasteiger partial charge on any atom is -0.465 e. The first-order valence-electron chi connectivity index (χ1n) is 9.01. The van der Waals surface area contributed by atoms with Crippen LogP contribution in [-0.4, -0.2) is 38.2 Å². The molecule has 9 nitrogen and oxygen atoms in total. The van der Waals surface area contributed by atoms with Crippen LogP contribution in [0.2, 0.25) is 0 Å². The molecule has 0 atom stereocenters. The van der Waals surface area contributed by atoms with Crippen LogP contribution in [0, 0.1) is 6.92 Å². The van der Waals surface area contributed by atoms with Gasteiger partial charge in [0.2, 0.25) is 5.89 Å². The Morgan fingerprint density at radius 1 is 1.20 bits per heavy atom. The van der Waals surface area contributed by atoms with E-state index in [-0.39, 0.29) is 16.6 Å². The fraction of sp³-hybridized carbons (Fsp3) is 0.200. The molecule has 0 fully saturated rings. The van der Waals surface area contributed by atoms with E-state index in [2.05, 4.69) is 25.1 Å². The highest BCUT2D eigenvalue weighted by Crippen LogP contribution is 2.21. The number of carbonyl (C=O) groups excluding carboxylic acids is 1. The smallest absolute Gasteiger partial charge is 0.338 e. The van der Waals surface area contributed by atoms with E-state index in [1.165, 1.54) is 24.9 Å². The van der Waals surface area contributed by atoms with Crippen LogP contribution in [0.25, 0.3) is 11.0 Å². The lowest BCUT2D eigenvalue weighted by Gasteiger charge is -2.06. The van der Waals surface area contributed by atoms with Crippen LogP contribution >= 0.6 is 11.8 Å². The van der Waals surface area contributed by atoms with Crippen LogP contribution in [0.15, 0.2) is 50.9 Å². The number of methoxy groups -OCH3 is 1. The predicted molar refractivity (Wildman–Crippen MR) is 109 cm³/mol. The average molecular weight is 423 g/mol. The van der Waals surface area contributed by atoms with Crippen molar-refractivity contribution in [2.45, 2.75) is 24.3 Å². The third-order valence-electron chi connectivity index (χ3n) is 4.24. The predicted octanol–water partition coefficient (Wildman–Crippen LogP) is 2.68.